The summed E-state index contributed by atoms with van der Waals surface area (Å²) in [6, 6.07) is 5.83. The van der Waals surface area contributed by atoms with Crippen molar-refractivity contribution in [3.8, 4) is 0 Å². The second-order valence-corrected chi connectivity index (χ2v) is 14.1. The molecule has 0 bridgehead atoms. The fourth-order valence-electron chi connectivity index (χ4n) is 4.82. The predicted octanol–water partition coefficient (Wildman–Crippen LogP) is 9.31. The highest BCUT2D eigenvalue weighted by atomic mass is 35.5. The van der Waals surface area contributed by atoms with Crippen molar-refractivity contribution in [2.45, 2.75) is 56.5 Å². The van der Waals surface area contributed by atoms with Gasteiger partial charge in [0.25, 0.3) is 5.91 Å². The van der Waals surface area contributed by atoms with Gasteiger partial charge in [0.2, 0.25) is 11.8 Å². The van der Waals surface area contributed by atoms with Gasteiger partial charge < -0.3 is 16.0 Å². The first kappa shape index (κ1) is 39.0. The van der Waals surface area contributed by atoms with E-state index in [1.54, 1.807) is 0 Å². The Morgan fingerprint density at radius 1 is 1.04 bits per heavy atom. The van der Waals surface area contributed by atoms with E-state index in [4.69, 9.17) is 34.8 Å². The standard InChI is InChI=1S/C33H32Cl3F6N3O3/c1-5-7-23(28(39)24(16-37)44-25(46)8-6-13-31(2,3)4)45-29(47)19-15-18(10-11-21(19)34)43-30(48)27-26(32(27,35)36)17-9-12-22(38)20(14-17)33(40,41)42/h5,7,9-12,14-15,26-27H,1,6,8,13,16H2,2-4H3,(H,43,48)(H,44,46)(H,45,47)/b23-7+,28-24-/t26-,27+/m0/s1. The molecule has 260 valence electrons. The SMILES string of the molecule is C=C/C=C(NC(=O)c1cc(NC(=O)[C@H]2[C@H](c3ccc(F)c(C(F)(F)F)c3)C2(Cl)Cl)ccc1Cl)\C(F)=C(/CF)NC(=O)CCCC(C)(C)C. The van der Waals surface area contributed by atoms with Crippen molar-refractivity contribution in [1.82, 2.24) is 10.6 Å². The van der Waals surface area contributed by atoms with Gasteiger partial charge in [-0.3, -0.25) is 14.4 Å². The van der Waals surface area contributed by atoms with Crippen LogP contribution in [0.15, 0.2) is 72.4 Å². The normalized spacial score (nSPS) is 18.0. The molecule has 48 heavy (non-hydrogen) atoms. The minimum absolute atomic E-state index is 0.0170. The molecule has 2 aromatic carbocycles. The lowest BCUT2D eigenvalue weighted by Gasteiger charge is -2.17. The number of benzene rings is 2. The van der Waals surface area contributed by atoms with Gasteiger partial charge in [-0.15, -0.1) is 23.2 Å². The van der Waals surface area contributed by atoms with E-state index in [-0.39, 0.29) is 33.7 Å². The molecule has 0 radical (unpaired) electrons. The van der Waals surface area contributed by atoms with Crippen molar-refractivity contribution in [3.05, 3.63) is 99.9 Å². The molecular formula is C33H32Cl3F6N3O3. The maximum atomic E-state index is 15.4. The summed E-state index contributed by atoms with van der Waals surface area (Å²) in [5.41, 5.74) is -3.25. The van der Waals surface area contributed by atoms with Crippen LogP contribution in [0.1, 0.15) is 67.4 Å². The zero-order valence-corrected chi connectivity index (χ0v) is 28.2. The fourth-order valence-corrected chi connectivity index (χ4v) is 5.85. The van der Waals surface area contributed by atoms with Crippen LogP contribution in [0.3, 0.4) is 0 Å². The summed E-state index contributed by atoms with van der Waals surface area (Å²) in [6.45, 7) is 8.02. The lowest BCUT2D eigenvalue weighted by Crippen LogP contribution is -2.28. The van der Waals surface area contributed by atoms with Gasteiger partial charge in [-0.25, -0.2) is 13.2 Å². The number of hydrogen-bond donors (Lipinski definition) is 3. The second kappa shape index (κ2) is 15.4. The molecule has 6 nitrogen and oxygen atoms in total. The van der Waals surface area contributed by atoms with Crippen LogP contribution >= 0.6 is 34.8 Å². The Morgan fingerprint density at radius 3 is 2.29 bits per heavy atom. The minimum Gasteiger partial charge on any atom is -0.326 e. The van der Waals surface area contributed by atoms with Crippen LogP contribution in [0.5, 0.6) is 0 Å². The van der Waals surface area contributed by atoms with Crippen molar-refractivity contribution in [3.63, 3.8) is 0 Å². The molecule has 1 aliphatic carbocycles. The summed E-state index contributed by atoms with van der Waals surface area (Å²) in [4.78, 5) is 38.6. The monoisotopic (exact) mass is 737 g/mol. The largest absolute Gasteiger partial charge is 0.419 e. The van der Waals surface area contributed by atoms with Gasteiger partial charge in [-0.1, -0.05) is 51.1 Å². The Labute approximate surface area is 288 Å². The number of anilines is 1. The zero-order valence-electron chi connectivity index (χ0n) is 25.9. The highest BCUT2D eigenvalue weighted by Crippen LogP contribution is 2.65. The van der Waals surface area contributed by atoms with Gasteiger partial charge in [-0.2, -0.15) is 13.2 Å². The first-order chi connectivity index (χ1) is 22.2. The van der Waals surface area contributed by atoms with Gasteiger partial charge in [0.15, 0.2) is 5.83 Å². The van der Waals surface area contributed by atoms with Crippen molar-refractivity contribution in [2.24, 2.45) is 11.3 Å². The molecule has 2 aromatic rings. The van der Waals surface area contributed by atoms with Gasteiger partial charge in [0.05, 0.1) is 33.5 Å². The highest BCUT2D eigenvalue weighted by molar-refractivity contribution is 6.53. The van der Waals surface area contributed by atoms with E-state index in [1.165, 1.54) is 12.1 Å². The maximum absolute atomic E-state index is 15.4. The molecule has 2 atom stereocenters. The smallest absolute Gasteiger partial charge is 0.326 e. The van der Waals surface area contributed by atoms with Crippen molar-refractivity contribution >= 4 is 58.2 Å². The van der Waals surface area contributed by atoms with Crippen LogP contribution in [0.2, 0.25) is 5.02 Å². The van der Waals surface area contributed by atoms with Crippen LogP contribution < -0.4 is 16.0 Å². The number of halogens is 9. The van der Waals surface area contributed by atoms with E-state index in [9.17, 15) is 36.3 Å². The van der Waals surface area contributed by atoms with Gasteiger partial charge in [-0.05, 0) is 60.2 Å². The van der Waals surface area contributed by atoms with E-state index in [0.29, 0.717) is 25.0 Å². The molecule has 15 heteroatoms. The molecule has 0 aromatic heterocycles. The Bertz CT molecular complexity index is 1650. The summed E-state index contributed by atoms with van der Waals surface area (Å²) in [6.07, 6.45) is -1.65. The average molecular weight is 739 g/mol. The van der Waals surface area contributed by atoms with Crippen LogP contribution in [-0.2, 0) is 15.8 Å². The average Bonchev–Trinajstić information content (AvgIpc) is 3.56. The summed E-state index contributed by atoms with van der Waals surface area (Å²) in [5, 5.41) is 6.76. The Morgan fingerprint density at radius 2 is 1.71 bits per heavy atom. The lowest BCUT2D eigenvalue weighted by molar-refractivity contribution is -0.140. The Balaban J connectivity index is 1.77. The molecule has 0 saturated heterocycles. The molecule has 0 heterocycles. The highest BCUT2D eigenvalue weighted by Gasteiger charge is 2.67. The summed E-state index contributed by atoms with van der Waals surface area (Å²) >= 11 is 18.7. The van der Waals surface area contributed by atoms with Crippen molar-refractivity contribution in [2.75, 3.05) is 12.0 Å². The molecule has 1 fully saturated rings. The molecule has 3 rings (SSSR count). The van der Waals surface area contributed by atoms with Crippen LogP contribution in [0.25, 0.3) is 0 Å². The maximum Gasteiger partial charge on any atom is 0.419 e. The molecule has 0 unspecified atom stereocenters. The van der Waals surface area contributed by atoms with Gasteiger partial charge >= 0.3 is 6.18 Å². The molecule has 0 aliphatic heterocycles. The van der Waals surface area contributed by atoms with Crippen molar-refractivity contribution < 1.29 is 40.7 Å². The number of allylic oxidation sites excluding steroid dienone is 4. The molecular weight excluding hydrogens is 707 g/mol. The number of hydrogen-bond acceptors (Lipinski definition) is 3. The first-order valence-electron chi connectivity index (χ1n) is 14.4. The van der Waals surface area contributed by atoms with E-state index < -0.39 is 75.3 Å². The van der Waals surface area contributed by atoms with Crippen LogP contribution in [0, 0.1) is 17.2 Å². The fraction of sp³-hybridized carbons (Fsp3) is 0.364. The van der Waals surface area contributed by atoms with E-state index in [0.717, 1.165) is 24.3 Å². The van der Waals surface area contributed by atoms with E-state index in [2.05, 4.69) is 22.5 Å². The number of rotatable bonds is 12. The van der Waals surface area contributed by atoms with Gasteiger partial charge in [0.1, 0.15) is 16.8 Å². The Hall–Kier alpha value is -3.48. The molecule has 1 saturated carbocycles. The van der Waals surface area contributed by atoms with Crippen LogP contribution in [0.4, 0.5) is 32.0 Å². The third-order valence-electron chi connectivity index (χ3n) is 7.26. The predicted molar refractivity (Wildman–Crippen MR) is 173 cm³/mol. The quantitative estimate of drug-likeness (QED) is 0.115. The third kappa shape index (κ3) is 9.79. The Kier molecular flexibility index (Phi) is 12.5. The van der Waals surface area contributed by atoms with E-state index in [1.807, 2.05) is 20.8 Å². The summed E-state index contributed by atoms with van der Waals surface area (Å²) in [5.74, 6) is -7.60. The number of alkyl halides is 6. The van der Waals surface area contributed by atoms with E-state index >= 15 is 4.39 Å². The topological polar surface area (TPSA) is 87.3 Å². The lowest BCUT2D eigenvalue weighted by atomic mass is 9.90. The number of amides is 3. The van der Waals surface area contributed by atoms with Crippen LogP contribution in [-0.4, -0.2) is 28.7 Å². The molecule has 3 amide bonds. The minimum atomic E-state index is -5.00. The van der Waals surface area contributed by atoms with Gasteiger partial charge in [0, 0.05) is 18.0 Å². The van der Waals surface area contributed by atoms with Crippen molar-refractivity contribution in [1.29, 1.82) is 0 Å². The zero-order chi connectivity index (χ0) is 36.2. The number of carbonyl (C=O) groups is 3. The molecule has 3 N–H and O–H groups in total. The second-order valence-electron chi connectivity index (χ2n) is 12.2. The first-order valence-corrected chi connectivity index (χ1v) is 15.6. The summed E-state index contributed by atoms with van der Waals surface area (Å²) < 4.78 is 80.9. The number of carbonyl (C=O) groups excluding carboxylic acids is 3. The number of nitrogens with one attached hydrogen (secondary N) is 3. The molecule has 0 spiro atoms. The third-order valence-corrected chi connectivity index (χ3v) is 8.53. The molecule has 1 aliphatic rings. The summed E-state index contributed by atoms with van der Waals surface area (Å²) in [7, 11) is 0.